The van der Waals surface area contributed by atoms with Gasteiger partial charge in [0, 0.05) is 0 Å². The summed E-state index contributed by atoms with van der Waals surface area (Å²) in [6.45, 7) is 2.27. The highest BCUT2D eigenvalue weighted by Gasteiger charge is 2.33. The molecule has 0 aromatic rings. The number of hydrogen-bond acceptors (Lipinski definition) is 2. The van der Waals surface area contributed by atoms with Gasteiger partial charge >= 0.3 is 6.09 Å². The van der Waals surface area contributed by atoms with Crippen LogP contribution in [-0.4, -0.2) is 49.0 Å². The normalized spacial score (nSPS) is 24.1. The lowest BCUT2D eigenvalue weighted by Gasteiger charge is -2.31. The Balaban J connectivity index is 2.56. The highest BCUT2D eigenvalue weighted by molar-refractivity contribution is 5.56. The number of quaternary nitrogens is 1. The predicted molar refractivity (Wildman–Crippen MR) is 34.8 cm³/mol. The average Bonchev–Trinajstić information content (AvgIpc) is 1.89. The second kappa shape index (κ2) is 2.56. The van der Waals surface area contributed by atoms with Crippen molar-refractivity contribution >= 4 is 6.09 Å². The number of carboxylic acid groups (broad SMARTS) is 1. The molecular weight excluding hydrogens is 134 g/mol. The third-order valence-corrected chi connectivity index (χ3v) is 1.92. The Kier molecular flexibility index (Phi) is 1.92. The Bertz CT molecular complexity index is 140. The molecule has 0 aromatic carbocycles. The molecule has 1 saturated heterocycles. The summed E-state index contributed by atoms with van der Waals surface area (Å²) in [7, 11) is 1.71. The van der Waals surface area contributed by atoms with Crippen LogP contribution >= 0.6 is 0 Å². The lowest BCUT2D eigenvalue weighted by molar-refractivity contribution is -0.846. The maximum Gasteiger partial charge on any atom is 0.513 e. The van der Waals surface area contributed by atoms with E-state index in [1.807, 2.05) is 0 Å². The average molecular weight is 146 g/mol. The molecule has 1 amide bonds. The summed E-state index contributed by atoms with van der Waals surface area (Å²) in [6.07, 6.45) is -0.761. The first kappa shape index (κ1) is 7.50. The largest absolute Gasteiger partial charge is 0.513 e. The van der Waals surface area contributed by atoms with E-state index in [1.165, 1.54) is 0 Å². The van der Waals surface area contributed by atoms with Gasteiger partial charge in [-0.2, -0.15) is 4.79 Å². The quantitative estimate of drug-likeness (QED) is 0.494. The van der Waals surface area contributed by atoms with Crippen LogP contribution in [0.1, 0.15) is 0 Å². The maximum atomic E-state index is 10.6. The van der Waals surface area contributed by atoms with Crippen molar-refractivity contribution in [3.05, 3.63) is 0 Å². The van der Waals surface area contributed by atoms with Crippen molar-refractivity contribution in [1.29, 1.82) is 0 Å². The Morgan fingerprint density at radius 1 is 1.50 bits per heavy atom. The summed E-state index contributed by atoms with van der Waals surface area (Å²) in [5.74, 6) is 0. The minimum absolute atomic E-state index is 0.0972. The maximum absolute atomic E-state index is 10.6. The number of amides is 1. The summed E-state index contributed by atoms with van der Waals surface area (Å²) in [5, 5.41) is 8.71. The zero-order chi connectivity index (χ0) is 7.61. The SMILES string of the molecule is C[N+]1(C(=O)O)CCOCC1. The second-order valence-electron chi connectivity index (χ2n) is 2.74. The molecule has 0 atom stereocenters. The van der Waals surface area contributed by atoms with E-state index in [4.69, 9.17) is 9.84 Å². The first-order valence-corrected chi connectivity index (χ1v) is 3.31. The van der Waals surface area contributed by atoms with Crippen LogP contribution in [0.25, 0.3) is 0 Å². The molecule has 58 valence electrons. The van der Waals surface area contributed by atoms with Gasteiger partial charge in [0.25, 0.3) is 0 Å². The third kappa shape index (κ3) is 1.27. The molecule has 0 spiro atoms. The van der Waals surface area contributed by atoms with E-state index >= 15 is 0 Å². The lowest BCUT2D eigenvalue weighted by atomic mass is 10.4. The van der Waals surface area contributed by atoms with Gasteiger partial charge in [-0.3, -0.25) is 0 Å². The van der Waals surface area contributed by atoms with Crippen LogP contribution in [0.15, 0.2) is 0 Å². The number of hydrogen-bond donors (Lipinski definition) is 1. The van der Waals surface area contributed by atoms with Gasteiger partial charge < -0.3 is 9.84 Å². The van der Waals surface area contributed by atoms with Crippen LogP contribution in [0.2, 0.25) is 0 Å². The van der Waals surface area contributed by atoms with E-state index in [2.05, 4.69) is 0 Å². The fourth-order valence-electron chi connectivity index (χ4n) is 0.937. The van der Waals surface area contributed by atoms with Gasteiger partial charge in [-0.1, -0.05) is 0 Å². The third-order valence-electron chi connectivity index (χ3n) is 1.92. The second-order valence-corrected chi connectivity index (χ2v) is 2.74. The lowest BCUT2D eigenvalue weighted by Crippen LogP contribution is -2.55. The Hall–Kier alpha value is -0.610. The molecule has 0 unspecified atom stereocenters. The molecule has 1 N–H and O–H groups in total. The van der Waals surface area contributed by atoms with Gasteiger partial charge in [0.05, 0.1) is 20.3 Å². The molecule has 1 rings (SSSR count). The molecule has 1 aliphatic rings. The highest BCUT2D eigenvalue weighted by Crippen LogP contribution is 2.06. The van der Waals surface area contributed by atoms with E-state index in [1.54, 1.807) is 7.05 Å². The van der Waals surface area contributed by atoms with Gasteiger partial charge in [0.1, 0.15) is 13.1 Å². The first-order valence-electron chi connectivity index (χ1n) is 3.31. The molecular formula is C6H12NO3+. The summed E-state index contributed by atoms with van der Waals surface area (Å²) < 4.78 is 5.13. The van der Waals surface area contributed by atoms with Crippen LogP contribution in [0.5, 0.6) is 0 Å². The van der Waals surface area contributed by atoms with E-state index in [9.17, 15) is 4.79 Å². The van der Waals surface area contributed by atoms with Crippen molar-refractivity contribution < 1.29 is 19.1 Å². The fraction of sp³-hybridized carbons (Fsp3) is 0.833. The molecule has 4 heteroatoms. The van der Waals surface area contributed by atoms with Crippen molar-refractivity contribution in [1.82, 2.24) is 0 Å². The molecule has 4 nitrogen and oxygen atoms in total. The number of carbonyl (C=O) groups is 1. The number of morpholine rings is 1. The van der Waals surface area contributed by atoms with Crippen molar-refractivity contribution in [3.8, 4) is 0 Å². The van der Waals surface area contributed by atoms with Gasteiger partial charge in [-0.25, -0.2) is 4.48 Å². The monoisotopic (exact) mass is 146 g/mol. The Labute approximate surface area is 59.6 Å². The standard InChI is InChI=1S/C6H11NO3/c1-7(6(8)9)2-4-10-5-3-7/h2-5H2,1H3/p+1. The van der Waals surface area contributed by atoms with Crippen molar-refractivity contribution in [2.24, 2.45) is 0 Å². The van der Waals surface area contributed by atoms with Crippen LogP contribution in [-0.2, 0) is 4.74 Å². The topological polar surface area (TPSA) is 46.5 Å². The van der Waals surface area contributed by atoms with E-state index in [-0.39, 0.29) is 4.48 Å². The minimum atomic E-state index is -0.761. The van der Waals surface area contributed by atoms with E-state index in [0.29, 0.717) is 26.3 Å². The molecule has 0 aromatic heterocycles. The van der Waals surface area contributed by atoms with Gasteiger partial charge in [-0.15, -0.1) is 0 Å². The molecule has 0 radical (unpaired) electrons. The zero-order valence-electron chi connectivity index (χ0n) is 6.04. The zero-order valence-corrected chi connectivity index (χ0v) is 6.04. The number of likely N-dealkylation sites (N-methyl/N-ethyl adjacent to an activating group) is 1. The predicted octanol–water partition coefficient (Wildman–Crippen LogP) is 0.141. The molecule has 0 bridgehead atoms. The summed E-state index contributed by atoms with van der Waals surface area (Å²) >= 11 is 0. The summed E-state index contributed by atoms with van der Waals surface area (Å²) in [6, 6.07) is 0. The summed E-state index contributed by atoms with van der Waals surface area (Å²) in [4.78, 5) is 10.6. The number of ether oxygens (including phenoxy) is 1. The minimum Gasteiger partial charge on any atom is -0.435 e. The molecule has 0 saturated carbocycles. The Morgan fingerprint density at radius 3 is 2.30 bits per heavy atom. The van der Waals surface area contributed by atoms with Crippen LogP contribution in [0.3, 0.4) is 0 Å². The molecule has 1 aliphatic heterocycles. The van der Waals surface area contributed by atoms with Gasteiger partial charge in [0.2, 0.25) is 0 Å². The van der Waals surface area contributed by atoms with E-state index < -0.39 is 6.09 Å². The van der Waals surface area contributed by atoms with Crippen molar-refractivity contribution in [2.75, 3.05) is 33.4 Å². The van der Waals surface area contributed by atoms with Crippen molar-refractivity contribution in [2.45, 2.75) is 0 Å². The van der Waals surface area contributed by atoms with Crippen LogP contribution in [0.4, 0.5) is 4.79 Å². The van der Waals surface area contributed by atoms with E-state index in [0.717, 1.165) is 0 Å². The highest BCUT2D eigenvalue weighted by atomic mass is 16.5. The molecule has 1 fully saturated rings. The van der Waals surface area contributed by atoms with Crippen LogP contribution < -0.4 is 0 Å². The molecule has 10 heavy (non-hydrogen) atoms. The van der Waals surface area contributed by atoms with Gasteiger partial charge in [-0.05, 0) is 0 Å². The fourth-order valence-corrected chi connectivity index (χ4v) is 0.937. The molecule has 1 heterocycles. The van der Waals surface area contributed by atoms with Crippen LogP contribution in [0, 0.1) is 0 Å². The number of nitrogens with zero attached hydrogens (tertiary/aromatic N) is 1. The molecule has 0 aliphatic carbocycles. The number of rotatable bonds is 0. The van der Waals surface area contributed by atoms with Crippen molar-refractivity contribution in [3.63, 3.8) is 0 Å². The first-order chi connectivity index (χ1) is 4.65. The smallest absolute Gasteiger partial charge is 0.435 e. The summed E-state index contributed by atoms with van der Waals surface area (Å²) in [5.41, 5.74) is 0. The Morgan fingerprint density at radius 2 is 2.00 bits per heavy atom. The van der Waals surface area contributed by atoms with Gasteiger partial charge in [0.15, 0.2) is 0 Å².